The van der Waals surface area contributed by atoms with Crippen LogP contribution in [0, 0.1) is 0 Å². The van der Waals surface area contributed by atoms with Crippen LogP contribution in [0.3, 0.4) is 0 Å². The molecule has 0 aliphatic rings. The number of hydrogen-bond donors (Lipinski definition) is 1. The van der Waals surface area contributed by atoms with Crippen LogP contribution >= 0.6 is 0 Å². The van der Waals surface area contributed by atoms with E-state index in [-0.39, 0.29) is 0 Å². The SMILES string of the molecule is Oc1c2ccccc2cc2c(-c3ccccc3-c3ccccc3)cccc12. The maximum atomic E-state index is 10.9. The van der Waals surface area contributed by atoms with Crippen molar-refractivity contribution in [1.82, 2.24) is 0 Å². The van der Waals surface area contributed by atoms with Crippen molar-refractivity contribution in [3.05, 3.63) is 103 Å². The van der Waals surface area contributed by atoms with Gasteiger partial charge in [0.2, 0.25) is 0 Å². The number of fused-ring (bicyclic) bond motifs is 2. The highest BCUT2D eigenvalue weighted by Crippen LogP contribution is 2.41. The van der Waals surface area contributed by atoms with Crippen molar-refractivity contribution in [2.45, 2.75) is 0 Å². The molecule has 0 heterocycles. The Morgan fingerprint density at radius 2 is 1.07 bits per heavy atom. The molecule has 27 heavy (non-hydrogen) atoms. The Labute approximate surface area is 158 Å². The fourth-order valence-corrected chi connectivity index (χ4v) is 3.89. The summed E-state index contributed by atoms with van der Waals surface area (Å²) in [7, 11) is 0. The maximum absolute atomic E-state index is 10.9. The van der Waals surface area contributed by atoms with E-state index in [2.05, 4.69) is 60.7 Å². The van der Waals surface area contributed by atoms with E-state index in [0.717, 1.165) is 27.1 Å². The first kappa shape index (κ1) is 15.7. The van der Waals surface area contributed by atoms with Gasteiger partial charge in [-0.15, -0.1) is 0 Å². The molecule has 1 nitrogen and oxygen atoms in total. The van der Waals surface area contributed by atoms with E-state index < -0.39 is 0 Å². The van der Waals surface area contributed by atoms with Crippen molar-refractivity contribution >= 4 is 21.5 Å². The van der Waals surface area contributed by atoms with E-state index in [4.69, 9.17) is 0 Å². The second-order valence-electron chi connectivity index (χ2n) is 6.76. The monoisotopic (exact) mass is 346 g/mol. The molecule has 0 aliphatic heterocycles. The smallest absolute Gasteiger partial charge is 0.131 e. The topological polar surface area (TPSA) is 20.2 Å². The van der Waals surface area contributed by atoms with Gasteiger partial charge in [0.25, 0.3) is 0 Å². The highest BCUT2D eigenvalue weighted by Gasteiger charge is 2.13. The minimum Gasteiger partial charge on any atom is -0.507 e. The van der Waals surface area contributed by atoms with Crippen LogP contribution < -0.4 is 0 Å². The van der Waals surface area contributed by atoms with Crippen LogP contribution in [0.15, 0.2) is 103 Å². The molecule has 5 aromatic carbocycles. The summed E-state index contributed by atoms with van der Waals surface area (Å²) < 4.78 is 0. The van der Waals surface area contributed by atoms with Gasteiger partial charge in [0.15, 0.2) is 0 Å². The predicted molar refractivity (Wildman–Crippen MR) is 114 cm³/mol. The largest absolute Gasteiger partial charge is 0.507 e. The molecule has 0 saturated carbocycles. The highest BCUT2D eigenvalue weighted by atomic mass is 16.3. The lowest BCUT2D eigenvalue weighted by Crippen LogP contribution is -1.87. The lowest BCUT2D eigenvalue weighted by atomic mass is 9.90. The van der Waals surface area contributed by atoms with E-state index in [1.165, 1.54) is 16.7 Å². The van der Waals surface area contributed by atoms with Crippen molar-refractivity contribution in [2.24, 2.45) is 0 Å². The van der Waals surface area contributed by atoms with Crippen LogP contribution in [0.2, 0.25) is 0 Å². The molecule has 0 amide bonds. The number of hydrogen-bond acceptors (Lipinski definition) is 1. The molecule has 0 spiro atoms. The summed E-state index contributed by atoms with van der Waals surface area (Å²) in [5.74, 6) is 0.349. The van der Waals surface area contributed by atoms with Crippen LogP contribution in [-0.4, -0.2) is 5.11 Å². The van der Waals surface area contributed by atoms with Crippen molar-refractivity contribution in [3.8, 4) is 28.0 Å². The third-order valence-electron chi connectivity index (χ3n) is 5.18. The molecular weight excluding hydrogens is 328 g/mol. The fraction of sp³-hybridized carbons (Fsp3) is 0. The summed E-state index contributed by atoms with van der Waals surface area (Å²) in [6, 6.07) is 35.2. The number of phenolic OH excluding ortho intramolecular Hbond substituents is 1. The first-order valence-electron chi connectivity index (χ1n) is 9.11. The summed E-state index contributed by atoms with van der Waals surface area (Å²) in [5, 5.41) is 14.8. The Morgan fingerprint density at radius 1 is 0.444 bits per heavy atom. The van der Waals surface area contributed by atoms with E-state index in [0.29, 0.717) is 5.75 Å². The summed E-state index contributed by atoms with van der Waals surface area (Å²) in [5.41, 5.74) is 4.69. The maximum Gasteiger partial charge on any atom is 0.131 e. The van der Waals surface area contributed by atoms with Crippen molar-refractivity contribution < 1.29 is 5.11 Å². The average Bonchev–Trinajstić information content (AvgIpc) is 2.74. The molecule has 128 valence electrons. The predicted octanol–water partition coefficient (Wildman–Crippen LogP) is 7.03. The van der Waals surface area contributed by atoms with Crippen LogP contribution in [0.1, 0.15) is 0 Å². The molecule has 0 saturated heterocycles. The van der Waals surface area contributed by atoms with Gasteiger partial charge in [-0.2, -0.15) is 0 Å². The summed E-state index contributed by atoms with van der Waals surface area (Å²) >= 11 is 0. The van der Waals surface area contributed by atoms with Gasteiger partial charge in [-0.05, 0) is 39.1 Å². The van der Waals surface area contributed by atoms with Gasteiger partial charge in [-0.3, -0.25) is 0 Å². The minimum atomic E-state index is 0.349. The number of phenols is 1. The minimum absolute atomic E-state index is 0.349. The molecule has 5 rings (SSSR count). The molecule has 0 bridgehead atoms. The average molecular weight is 346 g/mol. The van der Waals surface area contributed by atoms with Crippen molar-refractivity contribution in [3.63, 3.8) is 0 Å². The molecule has 1 heteroatoms. The molecule has 0 aromatic heterocycles. The number of benzene rings is 5. The van der Waals surface area contributed by atoms with Gasteiger partial charge in [0.1, 0.15) is 5.75 Å². The number of aromatic hydroxyl groups is 1. The summed E-state index contributed by atoms with van der Waals surface area (Å²) in [6.45, 7) is 0. The van der Waals surface area contributed by atoms with Gasteiger partial charge in [-0.1, -0.05) is 97.1 Å². The second-order valence-corrected chi connectivity index (χ2v) is 6.76. The zero-order chi connectivity index (χ0) is 18.2. The van der Waals surface area contributed by atoms with Crippen LogP contribution in [-0.2, 0) is 0 Å². The number of rotatable bonds is 2. The van der Waals surface area contributed by atoms with Gasteiger partial charge >= 0.3 is 0 Å². The molecule has 0 atom stereocenters. The normalized spacial score (nSPS) is 11.1. The quantitative estimate of drug-likeness (QED) is 0.340. The molecule has 0 fully saturated rings. The van der Waals surface area contributed by atoms with Gasteiger partial charge in [0, 0.05) is 10.8 Å². The first-order valence-corrected chi connectivity index (χ1v) is 9.11. The fourth-order valence-electron chi connectivity index (χ4n) is 3.89. The van der Waals surface area contributed by atoms with Crippen LogP contribution in [0.4, 0.5) is 0 Å². The second kappa shape index (κ2) is 6.30. The van der Waals surface area contributed by atoms with Crippen LogP contribution in [0.25, 0.3) is 43.8 Å². The van der Waals surface area contributed by atoms with Crippen molar-refractivity contribution in [2.75, 3.05) is 0 Å². The van der Waals surface area contributed by atoms with E-state index in [1.807, 2.05) is 42.5 Å². The van der Waals surface area contributed by atoms with Gasteiger partial charge in [0.05, 0.1) is 0 Å². The summed E-state index contributed by atoms with van der Waals surface area (Å²) in [4.78, 5) is 0. The Kier molecular flexibility index (Phi) is 3.65. The zero-order valence-corrected chi connectivity index (χ0v) is 14.8. The third kappa shape index (κ3) is 2.56. The van der Waals surface area contributed by atoms with Gasteiger partial charge < -0.3 is 5.11 Å². The highest BCUT2D eigenvalue weighted by molar-refractivity contribution is 6.11. The molecule has 1 N–H and O–H groups in total. The van der Waals surface area contributed by atoms with Crippen LogP contribution in [0.5, 0.6) is 5.75 Å². The summed E-state index contributed by atoms with van der Waals surface area (Å²) in [6.07, 6.45) is 0. The standard InChI is InChI=1S/C26H18O/c27-26-21-13-5-4-11-19(21)17-25-23(15-8-16-24(25)26)22-14-7-6-12-20(22)18-9-2-1-3-10-18/h1-17,27H. The lowest BCUT2D eigenvalue weighted by Gasteiger charge is -2.14. The van der Waals surface area contributed by atoms with E-state index >= 15 is 0 Å². The Hall–Kier alpha value is -3.58. The van der Waals surface area contributed by atoms with E-state index in [9.17, 15) is 5.11 Å². The zero-order valence-electron chi connectivity index (χ0n) is 14.8. The Balaban J connectivity index is 1.85. The van der Waals surface area contributed by atoms with Gasteiger partial charge in [-0.25, -0.2) is 0 Å². The van der Waals surface area contributed by atoms with E-state index in [1.54, 1.807) is 0 Å². The molecule has 5 aromatic rings. The Bertz CT molecular complexity index is 1270. The third-order valence-corrected chi connectivity index (χ3v) is 5.18. The molecule has 0 radical (unpaired) electrons. The molecule has 0 unspecified atom stereocenters. The Morgan fingerprint density at radius 3 is 1.93 bits per heavy atom. The molecular formula is C26H18O. The van der Waals surface area contributed by atoms with Crippen molar-refractivity contribution in [1.29, 1.82) is 0 Å². The lowest BCUT2D eigenvalue weighted by molar-refractivity contribution is 0.488. The first-order chi connectivity index (χ1) is 13.3. The molecule has 0 aliphatic carbocycles.